The summed E-state index contributed by atoms with van der Waals surface area (Å²) in [6.07, 6.45) is 1.03. The van der Waals surface area contributed by atoms with Gasteiger partial charge in [-0.3, -0.25) is 5.10 Å². The van der Waals surface area contributed by atoms with E-state index in [4.69, 9.17) is 12.2 Å². The molecule has 0 bridgehead atoms. The summed E-state index contributed by atoms with van der Waals surface area (Å²) in [5.74, 6) is 0.661. The van der Waals surface area contributed by atoms with Crippen molar-refractivity contribution in [1.29, 1.82) is 0 Å². The third kappa shape index (κ3) is 2.19. The Morgan fingerprint density at radius 1 is 1.70 bits per heavy atom. The molecule has 0 aromatic carbocycles. The topological polar surface area (TPSA) is 28.7 Å². The molecule has 56 valence electrons. The first-order valence-corrected chi connectivity index (χ1v) is 4.45. The van der Waals surface area contributed by atoms with Crippen molar-refractivity contribution in [2.45, 2.75) is 20.3 Å². The number of aromatic nitrogens is 2. The molecule has 4 heteroatoms. The Kier molecular flexibility index (Phi) is 2.56. The molecule has 1 aromatic rings. The number of hydrogen-bond acceptors (Lipinski definition) is 3. The average Bonchev–Trinajstić information content (AvgIpc) is 2.13. The highest BCUT2D eigenvalue weighted by Gasteiger charge is 1.99. The quantitative estimate of drug-likeness (QED) is 0.697. The number of nitrogens with zero attached hydrogens (tertiary/aromatic N) is 1. The maximum atomic E-state index is 4.89. The minimum Gasteiger partial charge on any atom is -0.258 e. The van der Waals surface area contributed by atoms with E-state index in [9.17, 15) is 0 Å². The monoisotopic (exact) mass is 174 g/mol. The second kappa shape index (κ2) is 3.25. The molecule has 0 aliphatic rings. The molecule has 0 fully saturated rings. The van der Waals surface area contributed by atoms with Gasteiger partial charge in [0.15, 0.2) is 3.95 Å². The first kappa shape index (κ1) is 7.88. The number of nitrogens with one attached hydrogen (secondary N) is 1. The van der Waals surface area contributed by atoms with E-state index in [1.165, 1.54) is 0 Å². The summed E-state index contributed by atoms with van der Waals surface area (Å²) < 4.78 is 0.774. The minimum atomic E-state index is 0.661. The first-order chi connectivity index (χ1) is 4.68. The number of aromatic amines is 1. The molecule has 1 aromatic heterocycles. The molecule has 2 nitrogen and oxygen atoms in total. The van der Waals surface area contributed by atoms with Crippen molar-refractivity contribution in [2.75, 3.05) is 0 Å². The second-order valence-corrected chi connectivity index (χ2v) is 4.36. The van der Waals surface area contributed by atoms with E-state index in [2.05, 4.69) is 24.0 Å². The lowest BCUT2D eigenvalue weighted by Gasteiger charge is -1.96. The number of H-pyrrole nitrogens is 1. The molecule has 0 saturated carbocycles. The molecule has 1 N–H and O–H groups in total. The lowest BCUT2D eigenvalue weighted by Crippen LogP contribution is -1.92. The van der Waals surface area contributed by atoms with Gasteiger partial charge in [0.25, 0.3) is 0 Å². The molecule has 1 heterocycles. The van der Waals surface area contributed by atoms with Gasteiger partial charge < -0.3 is 0 Å². The summed E-state index contributed by atoms with van der Waals surface area (Å²) in [5, 5.41) is 7.91. The first-order valence-electron chi connectivity index (χ1n) is 3.23. The normalized spacial score (nSPS) is 10.7. The molecule has 0 radical (unpaired) electrons. The third-order valence-corrected chi connectivity index (χ3v) is 2.18. The Balaban J connectivity index is 2.67. The number of hydrogen-bond donors (Lipinski definition) is 1. The molecular formula is C6H10N2S2. The van der Waals surface area contributed by atoms with Crippen LogP contribution in [0.3, 0.4) is 0 Å². The summed E-state index contributed by atoms with van der Waals surface area (Å²) in [6.45, 7) is 4.34. The smallest absolute Gasteiger partial charge is 0.176 e. The van der Waals surface area contributed by atoms with Gasteiger partial charge in [-0.1, -0.05) is 25.2 Å². The van der Waals surface area contributed by atoms with Crippen LogP contribution in [-0.4, -0.2) is 10.2 Å². The van der Waals surface area contributed by atoms with Crippen molar-refractivity contribution in [1.82, 2.24) is 10.2 Å². The highest BCUT2D eigenvalue weighted by molar-refractivity contribution is 7.73. The van der Waals surface area contributed by atoms with Gasteiger partial charge in [0.1, 0.15) is 5.01 Å². The van der Waals surface area contributed by atoms with Crippen molar-refractivity contribution in [3.8, 4) is 0 Å². The van der Waals surface area contributed by atoms with Crippen LogP contribution in [0.15, 0.2) is 0 Å². The number of rotatable bonds is 2. The fourth-order valence-electron chi connectivity index (χ4n) is 0.697. The van der Waals surface area contributed by atoms with E-state index in [0.717, 1.165) is 15.4 Å². The largest absolute Gasteiger partial charge is 0.258 e. The van der Waals surface area contributed by atoms with E-state index in [1.807, 2.05) is 0 Å². The molecule has 0 amide bonds. The minimum absolute atomic E-state index is 0.661. The van der Waals surface area contributed by atoms with E-state index in [0.29, 0.717) is 5.92 Å². The van der Waals surface area contributed by atoms with Crippen molar-refractivity contribution in [2.24, 2.45) is 5.92 Å². The molecular weight excluding hydrogens is 164 g/mol. The van der Waals surface area contributed by atoms with Crippen LogP contribution >= 0.6 is 23.6 Å². The summed E-state index contributed by atoms with van der Waals surface area (Å²) >= 11 is 6.45. The van der Waals surface area contributed by atoms with Crippen LogP contribution < -0.4 is 0 Å². The van der Waals surface area contributed by atoms with Gasteiger partial charge in [0.2, 0.25) is 0 Å². The van der Waals surface area contributed by atoms with Crippen molar-refractivity contribution >= 4 is 23.6 Å². The van der Waals surface area contributed by atoms with E-state index >= 15 is 0 Å². The molecule has 0 aliphatic heterocycles. The Bertz CT molecular complexity index is 248. The molecule has 0 aliphatic carbocycles. The van der Waals surface area contributed by atoms with Gasteiger partial charge in [0.05, 0.1) is 0 Å². The van der Waals surface area contributed by atoms with E-state index in [1.54, 1.807) is 11.3 Å². The highest BCUT2D eigenvalue weighted by Crippen LogP contribution is 2.09. The predicted molar refractivity (Wildman–Crippen MR) is 45.8 cm³/mol. The summed E-state index contributed by atoms with van der Waals surface area (Å²) in [4.78, 5) is 0. The second-order valence-electron chi connectivity index (χ2n) is 2.60. The summed E-state index contributed by atoms with van der Waals surface area (Å²) in [6, 6.07) is 0. The Morgan fingerprint density at radius 3 is 2.80 bits per heavy atom. The lowest BCUT2D eigenvalue weighted by atomic mass is 10.1. The van der Waals surface area contributed by atoms with Gasteiger partial charge >= 0.3 is 0 Å². The zero-order valence-electron chi connectivity index (χ0n) is 6.05. The van der Waals surface area contributed by atoms with Crippen LogP contribution in [0.5, 0.6) is 0 Å². The summed E-state index contributed by atoms with van der Waals surface area (Å²) in [5.41, 5.74) is 0. The van der Waals surface area contributed by atoms with E-state index in [-0.39, 0.29) is 0 Å². The van der Waals surface area contributed by atoms with Gasteiger partial charge in [-0.15, -0.1) is 0 Å². The molecule has 0 spiro atoms. The van der Waals surface area contributed by atoms with Crippen LogP contribution in [0.2, 0.25) is 0 Å². The zero-order valence-corrected chi connectivity index (χ0v) is 7.68. The fourth-order valence-corrected chi connectivity index (χ4v) is 1.84. The van der Waals surface area contributed by atoms with Crippen LogP contribution in [0.4, 0.5) is 0 Å². The van der Waals surface area contributed by atoms with Crippen molar-refractivity contribution in [3.05, 3.63) is 8.96 Å². The summed E-state index contributed by atoms with van der Waals surface area (Å²) in [7, 11) is 0. The van der Waals surface area contributed by atoms with Crippen LogP contribution in [0.25, 0.3) is 0 Å². The van der Waals surface area contributed by atoms with Crippen LogP contribution in [-0.2, 0) is 6.42 Å². The zero-order chi connectivity index (χ0) is 7.56. The Labute approximate surface area is 69.3 Å². The van der Waals surface area contributed by atoms with Gasteiger partial charge in [-0.05, 0) is 18.1 Å². The average molecular weight is 174 g/mol. The standard InChI is InChI=1S/C6H10N2S2/c1-4(2)3-5-7-8-6(9)10-5/h4H,3H2,1-2H3,(H,8,9). The van der Waals surface area contributed by atoms with Gasteiger partial charge in [-0.25, -0.2) is 0 Å². The maximum absolute atomic E-state index is 4.89. The fraction of sp³-hybridized carbons (Fsp3) is 0.667. The van der Waals surface area contributed by atoms with E-state index < -0.39 is 0 Å². The van der Waals surface area contributed by atoms with Gasteiger partial charge in [-0.2, -0.15) is 5.10 Å². The van der Waals surface area contributed by atoms with Crippen LogP contribution in [0, 0.1) is 9.87 Å². The molecule has 0 saturated heterocycles. The molecule has 0 atom stereocenters. The lowest BCUT2D eigenvalue weighted by molar-refractivity contribution is 0.639. The van der Waals surface area contributed by atoms with Gasteiger partial charge in [0, 0.05) is 6.42 Å². The predicted octanol–water partition coefficient (Wildman–Crippen LogP) is 2.40. The highest BCUT2D eigenvalue weighted by atomic mass is 32.1. The van der Waals surface area contributed by atoms with Crippen molar-refractivity contribution in [3.63, 3.8) is 0 Å². The Hall–Kier alpha value is -0.220. The van der Waals surface area contributed by atoms with Crippen LogP contribution in [0.1, 0.15) is 18.9 Å². The molecule has 0 unspecified atom stereocenters. The SMILES string of the molecule is CC(C)Cc1n[nH]c(=S)s1. The Morgan fingerprint density at radius 2 is 2.40 bits per heavy atom. The third-order valence-electron chi connectivity index (χ3n) is 1.07. The molecule has 10 heavy (non-hydrogen) atoms. The van der Waals surface area contributed by atoms with Crippen molar-refractivity contribution < 1.29 is 0 Å². The molecule has 1 rings (SSSR count). The maximum Gasteiger partial charge on any atom is 0.176 e.